The quantitative estimate of drug-likeness (QED) is 0.335. The first kappa shape index (κ1) is 19.0. The van der Waals surface area contributed by atoms with Crippen LogP contribution in [0.4, 0.5) is 17.1 Å². The summed E-state index contributed by atoms with van der Waals surface area (Å²) in [4.78, 5) is 2.32. The van der Waals surface area contributed by atoms with E-state index in [1.54, 1.807) is 0 Å². The fourth-order valence-electron chi connectivity index (χ4n) is 3.58. The molecule has 0 N–H and O–H groups in total. The third-order valence-electron chi connectivity index (χ3n) is 5.32. The van der Waals surface area contributed by atoms with Crippen LogP contribution in [0.25, 0.3) is 0 Å². The molecule has 0 unspecified atom stereocenters. The van der Waals surface area contributed by atoms with Crippen LogP contribution in [0.2, 0.25) is 0 Å². The van der Waals surface area contributed by atoms with Crippen LogP contribution in [0.1, 0.15) is 22.3 Å². The molecule has 0 radical (unpaired) electrons. The van der Waals surface area contributed by atoms with Crippen molar-refractivity contribution < 1.29 is 0 Å². The summed E-state index contributed by atoms with van der Waals surface area (Å²) in [6.45, 7) is 4.25. The molecule has 0 bridgehead atoms. The van der Waals surface area contributed by atoms with Crippen LogP contribution in [-0.4, -0.2) is 0 Å². The molecule has 29 heavy (non-hydrogen) atoms. The van der Waals surface area contributed by atoms with Crippen molar-refractivity contribution in [3.63, 3.8) is 0 Å². The topological polar surface area (TPSA) is 3.24 Å². The zero-order valence-electron chi connectivity index (χ0n) is 17.2. The summed E-state index contributed by atoms with van der Waals surface area (Å²) in [7, 11) is 0. The van der Waals surface area contributed by atoms with Gasteiger partial charge in [0.05, 0.1) is 0 Å². The average molecular weight is 378 g/mol. The van der Waals surface area contributed by atoms with Gasteiger partial charge in [0.25, 0.3) is 0 Å². The van der Waals surface area contributed by atoms with Gasteiger partial charge in [-0.25, -0.2) is 0 Å². The Bertz CT molecular complexity index is 985. The molecule has 0 spiro atoms. The lowest BCUT2D eigenvalue weighted by Gasteiger charge is -2.26. The third kappa shape index (κ3) is 4.75. The van der Waals surface area contributed by atoms with Crippen molar-refractivity contribution in [3.8, 4) is 0 Å². The molecule has 4 aromatic carbocycles. The summed E-state index contributed by atoms with van der Waals surface area (Å²) in [5.74, 6) is 0. The Morgan fingerprint density at radius 3 is 1.28 bits per heavy atom. The molecule has 4 aromatic rings. The van der Waals surface area contributed by atoms with E-state index in [-0.39, 0.29) is 0 Å². The molecule has 0 aliphatic rings. The normalized spacial score (nSPS) is 10.7. The van der Waals surface area contributed by atoms with Crippen LogP contribution in [0.15, 0.2) is 103 Å². The molecule has 0 saturated heterocycles. The van der Waals surface area contributed by atoms with Gasteiger partial charge in [-0.05, 0) is 74.2 Å². The van der Waals surface area contributed by atoms with E-state index in [0.29, 0.717) is 0 Å². The molecule has 0 aromatic heterocycles. The van der Waals surface area contributed by atoms with E-state index in [0.717, 1.165) is 12.8 Å². The number of anilines is 3. The fourth-order valence-corrected chi connectivity index (χ4v) is 3.58. The maximum absolute atomic E-state index is 2.32. The van der Waals surface area contributed by atoms with Gasteiger partial charge in [0.15, 0.2) is 0 Å². The van der Waals surface area contributed by atoms with Gasteiger partial charge in [-0.15, -0.1) is 0 Å². The number of hydrogen-bond donors (Lipinski definition) is 0. The van der Waals surface area contributed by atoms with E-state index in [9.17, 15) is 0 Å². The van der Waals surface area contributed by atoms with Crippen molar-refractivity contribution >= 4 is 17.1 Å². The molecular formula is C28H27N. The van der Waals surface area contributed by atoms with Crippen molar-refractivity contribution in [1.29, 1.82) is 0 Å². The Morgan fingerprint density at radius 2 is 0.828 bits per heavy atom. The van der Waals surface area contributed by atoms with Crippen LogP contribution in [0.5, 0.6) is 0 Å². The molecule has 1 nitrogen and oxygen atoms in total. The van der Waals surface area contributed by atoms with Crippen molar-refractivity contribution in [2.24, 2.45) is 0 Å². The maximum atomic E-state index is 2.32. The summed E-state index contributed by atoms with van der Waals surface area (Å²) in [6.07, 6.45) is 2.12. The SMILES string of the molecule is Cc1ccc(N(c2ccc(C)cc2)c2ccc(CCc3ccccc3)cc2)cc1. The predicted molar refractivity (Wildman–Crippen MR) is 124 cm³/mol. The van der Waals surface area contributed by atoms with Gasteiger partial charge in [0.2, 0.25) is 0 Å². The molecule has 0 atom stereocenters. The lowest BCUT2D eigenvalue weighted by Crippen LogP contribution is -2.10. The maximum Gasteiger partial charge on any atom is 0.0461 e. The lowest BCUT2D eigenvalue weighted by atomic mass is 10.0. The first-order valence-electron chi connectivity index (χ1n) is 10.3. The van der Waals surface area contributed by atoms with E-state index < -0.39 is 0 Å². The number of hydrogen-bond acceptors (Lipinski definition) is 1. The van der Waals surface area contributed by atoms with Gasteiger partial charge >= 0.3 is 0 Å². The van der Waals surface area contributed by atoms with E-state index in [1.165, 1.54) is 39.3 Å². The molecule has 0 saturated carbocycles. The van der Waals surface area contributed by atoms with Crippen LogP contribution in [0.3, 0.4) is 0 Å². The Balaban J connectivity index is 1.60. The van der Waals surface area contributed by atoms with Gasteiger partial charge in [-0.3, -0.25) is 0 Å². The molecule has 0 fully saturated rings. The van der Waals surface area contributed by atoms with Crippen LogP contribution < -0.4 is 4.90 Å². The fraction of sp³-hybridized carbons (Fsp3) is 0.143. The number of nitrogens with zero attached hydrogens (tertiary/aromatic N) is 1. The zero-order chi connectivity index (χ0) is 20.1. The predicted octanol–water partition coefficient (Wildman–Crippen LogP) is 7.56. The standard InChI is InChI=1S/C28H27N/c1-22-8-16-26(17-9-22)29(27-18-10-23(2)11-19-27)28-20-14-25(15-21-28)13-12-24-6-4-3-5-7-24/h3-11,14-21H,12-13H2,1-2H3. The Labute approximate surface area is 174 Å². The largest absolute Gasteiger partial charge is 0.311 e. The summed E-state index contributed by atoms with van der Waals surface area (Å²) in [5, 5.41) is 0. The highest BCUT2D eigenvalue weighted by atomic mass is 15.1. The lowest BCUT2D eigenvalue weighted by molar-refractivity contribution is 0.960. The zero-order valence-corrected chi connectivity index (χ0v) is 17.2. The Morgan fingerprint density at radius 1 is 0.448 bits per heavy atom. The van der Waals surface area contributed by atoms with Crippen molar-refractivity contribution in [3.05, 3.63) is 125 Å². The molecule has 4 rings (SSSR count). The summed E-state index contributed by atoms with van der Waals surface area (Å²) in [6, 6.07) is 37.1. The second-order valence-electron chi connectivity index (χ2n) is 7.66. The summed E-state index contributed by atoms with van der Waals surface area (Å²) in [5.41, 5.74) is 8.83. The highest BCUT2D eigenvalue weighted by molar-refractivity contribution is 5.76. The molecular weight excluding hydrogens is 350 g/mol. The molecule has 0 amide bonds. The van der Waals surface area contributed by atoms with E-state index in [2.05, 4.69) is 122 Å². The van der Waals surface area contributed by atoms with Crippen LogP contribution in [0, 0.1) is 13.8 Å². The highest BCUT2D eigenvalue weighted by Crippen LogP contribution is 2.34. The average Bonchev–Trinajstić information content (AvgIpc) is 2.77. The molecule has 0 aliphatic carbocycles. The smallest absolute Gasteiger partial charge is 0.0461 e. The number of rotatable bonds is 6. The number of benzene rings is 4. The van der Waals surface area contributed by atoms with Gasteiger partial charge < -0.3 is 4.90 Å². The van der Waals surface area contributed by atoms with E-state index >= 15 is 0 Å². The van der Waals surface area contributed by atoms with Crippen molar-refractivity contribution in [2.45, 2.75) is 26.7 Å². The van der Waals surface area contributed by atoms with E-state index in [1.807, 2.05) is 0 Å². The summed E-state index contributed by atoms with van der Waals surface area (Å²) < 4.78 is 0. The van der Waals surface area contributed by atoms with Gasteiger partial charge in [0, 0.05) is 17.1 Å². The van der Waals surface area contributed by atoms with Crippen molar-refractivity contribution in [1.82, 2.24) is 0 Å². The summed E-state index contributed by atoms with van der Waals surface area (Å²) >= 11 is 0. The highest BCUT2D eigenvalue weighted by Gasteiger charge is 2.12. The molecule has 144 valence electrons. The Hall–Kier alpha value is -3.32. The van der Waals surface area contributed by atoms with E-state index in [4.69, 9.17) is 0 Å². The third-order valence-corrected chi connectivity index (χ3v) is 5.32. The first-order chi connectivity index (χ1) is 14.2. The van der Waals surface area contributed by atoms with Crippen LogP contribution in [-0.2, 0) is 12.8 Å². The molecule has 0 heterocycles. The van der Waals surface area contributed by atoms with Crippen LogP contribution >= 0.6 is 0 Å². The van der Waals surface area contributed by atoms with Gasteiger partial charge in [0.1, 0.15) is 0 Å². The minimum absolute atomic E-state index is 1.05. The minimum atomic E-state index is 1.05. The minimum Gasteiger partial charge on any atom is -0.311 e. The second-order valence-corrected chi connectivity index (χ2v) is 7.66. The van der Waals surface area contributed by atoms with Gasteiger partial charge in [-0.1, -0.05) is 77.9 Å². The number of aryl methyl sites for hydroxylation is 4. The monoisotopic (exact) mass is 377 g/mol. The van der Waals surface area contributed by atoms with Gasteiger partial charge in [-0.2, -0.15) is 0 Å². The second kappa shape index (κ2) is 8.79. The first-order valence-corrected chi connectivity index (χ1v) is 10.3. The van der Waals surface area contributed by atoms with Crippen molar-refractivity contribution in [2.75, 3.05) is 4.90 Å². The Kier molecular flexibility index (Phi) is 5.76. The molecule has 0 aliphatic heterocycles. The molecule has 1 heteroatoms.